The molecule has 1 atom stereocenters. The van der Waals surface area contributed by atoms with Gasteiger partial charge in [-0.05, 0) is 50.6 Å². The van der Waals surface area contributed by atoms with Crippen LogP contribution in [0.1, 0.15) is 40.0 Å². The topological polar surface area (TPSA) is 58.4 Å². The standard InChI is InChI=1S/C16H27N3O/c1-4-6-11-19(13(3)5-2)12-16(20)18-15-9-7-14(17)8-10-15/h7-10,13H,4-6,11-12,17H2,1-3H3,(H,18,20). The van der Waals surface area contributed by atoms with Crippen molar-refractivity contribution >= 4 is 17.3 Å². The molecular weight excluding hydrogens is 250 g/mol. The molecule has 1 aromatic rings. The van der Waals surface area contributed by atoms with E-state index < -0.39 is 0 Å². The van der Waals surface area contributed by atoms with E-state index in [1.165, 1.54) is 0 Å². The average molecular weight is 277 g/mol. The minimum Gasteiger partial charge on any atom is -0.399 e. The summed E-state index contributed by atoms with van der Waals surface area (Å²) in [6, 6.07) is 7.66. The molecule has 0 aliphatic carbocycles. The molecule has 0 aliphatic rings. The summed E-state index contributed by atoms with van der Waals surface area (Å²) >= 11 is 0. The number of nitrogens with zero attached hydrogens (tertiary/aromatic N) is 1. The van der Waals surface area contributed by atoms with Gasteiger partial charge >= 0.3 is 0 Å². The van der Waals surface area contributed by atoms with Crippen molar-refractivity contribution in [2.45, 2.75) is 46.1 Å². The molecular formula is C16H27N3O. The number of carbonyl (C=O) groups excluding carboxylic acids is 1. The summed E-state index contributed by atoms with van der Waals surface area (Å²) in [6.45, 7) is 7.91. The maximum Gasteiger partial charge on any atom is 0.238 e. The monoisotopic (exact) mass is 277 g/mol. The van der Waals surface area contributed by atoms with E-state index in [1.807, 2.05) is 12.1 Å². The summed E-state index contributed by atoms with van der Waals surface area (Å²) in [5.74, 6) is 0.0335. The Morgan fingerprint density at radius 1 is 1.30 bits per heavy atom. The van der Waals surface area contributed by atoms with Crippen LogP contribution >= 0.6 is 0 Å². The Hall–Kier alpha value is -1.55. The van der Waals surface area contributed by atoms with E-state index in [0.29, 0.717) is 18.3 Å². The van der Waals surface area contributed by atoms with Gasteiger partial charge in [-0.3, -0.25) is 9.69 Å². The molecule has 20 heavy (non-hydrogen) atoms. The van der Waals surface area contributed by atoms with Crippen molar-refractivity contribution in [3.8, 4) is 0 Å². The Labute approximate surface area is 122 Å². The number of nitrogens with one attached hydrogen (secondary N) is 1. The predicted octanol–water partition coefficient (Wildman–Crippen LogP) is 3.11. The Morgan fingerprint density at radius 3 is 2.50 bits per heavy atom. The number of unbranched alkanes of at least 4 members (excludes halogenated alkanes) is 1. The van der Waals surface area contributed by atoms with Gasteiger partial charge in [0.25, 0.3) is 0 Å². The number of anilines is 2. The molecule has 0 bridgehead atoms. The van der Waals surface area contributed by atoms with Gasteiger partial charge in [-0.2, -0.15) is 0 Å². The molecule has 0 aliphatic heterocycles. The van der Waals surface area contributed by atoms with Crippen molar-refractivity contribution < 1.29 is 4.79 Å². The van der Waals surface area contributed by atoms with Gasteiger partial charge in [0.15, 0.2) is 0 Å². The van der Waals surface area contributed by atoms with Gasteiger partial charge in [0.05, 0.1) is 6.54 Å². The van der Waals surface area contributed by atoms with Gasteiger partial charge in [0, 0.05) is 17.4 Å². The van der Waals surface area contributed by atoms with Crippen molar-refractivity contribution in [3.63, 3.8) is 0 Å². The maximum absolute atomic E-state index is 12.1. The van der Waals surface area contributed by atoms with Gasteiger partial charge in [0.1, 0.15) is 0 Å². The molecule has 0 radical (unpaired) electrons. The Bertz CT molecular complexity index is 403. The summed E-state index contributed by atoms with van der Waals surface area (Å²) in [5.41, 5.74) is 7.13. The van der Waals surface area contributed by atoms with Crippen LogP contribution in [0.4, 0.5) is 11.4 Å². The number of rotatable bonds is 8. The zero-order valence-corrected chi connectivity index (χ0v) is 12.9. The number of nitrogens with two attached hydrogens (primary N) is 1. The number of benzene rings is 1. The highest BCUT2D eigenvalue weighted by Gasteiger charge is 2.15. The molecule has 1 unspecified atom stereocenters. The highest BCUT2D eigenvalue weighted by atomic mass is 16.2. The molecule has 4 heteroatoms. The van der Waals surface area contributed by atoms with Gasteiger partial charge in [0.2, 0.25) is 5.91 Å². The third kappa shape index (κ3) is 5.61. The molecule has 3 N–H and O–H groups in total. The van der Waals surface area contributed by atoms with Gasteiger partial charge < -0.3 is 11.1 Å². The Morgan fingerprint density at radius 2 is 1.95 bits per heavy atom. The number of hydrogen-bond acceptors (Lipinski definition) is 3. The lowest BCUT2D eigenvalue weighted by molar-refractivity contribution is -0.117. The fourth-order valence-corrected chi connectivity index (χ4v) is 2.03. The fraction of sp³-hybridized carbons (Fsp3) is 0.562. The van der Waals surface area contributed by atoms with Crippen molar-refractivity contribution in [1.82, 2.24) is 4.90 Å². The minimum atomic E-state index is 0.0335. The number of hydrogen-bond donors (Lipinski definition) is 2. The molecule has 0 saturated carbocycles. The number of carbonyl (C=O) groups is 1. The number of nitrogen functional groups attached to an aromatic ring is 1. The second kappa shape index (κ2) is 8.59. The lowest BCUT2D eigenvalue weighted by atomic mass is 10.2. The average Bonchev–Trinajstić information content (AvgIpc) is 2.45. The molecule has 0 fully saturated rings. The van der Waals surface area contributed by atoms with E-state index in [0.717, 1.165) is 31.5 Å². The molecule has 0 aromatic heterocycles. The van der Waals surface area contributed by atoms with Crippen LogP contribution in [0.3, 0.4) is 0 Å². The van der Waals surface area contributed by atoms with Crippen LogP contribution in [0.2, 0.25) is 0 Å². The highest BCUT2D eigenvalue weighted by molar-refractivity contribution is 5.92. The van der Waals surface area contributed by atoms with Crippen molar-refractivity contribution in [2.75, 3.05) is 24.1 Å². The Balaban J connectivity index is 2.54. The molecule has 0 heterocycles. The van der Waals surface area contributed by atoms with Crippen LogP contribution < -0.4 is 11.1 Å². The van der Waals surface area contributed by atoms with Crippen LogP contribution in [0.15, 0.2) is 24.3 Å². The summed E-state index contributed by atoms with van der Waals surface area (Å²) in [4.78, 5) is 14.4. The normalized spacial score (nSPS) is 12.4. The maximum atomic E-state index is 12.1. The zero-order valence-electron chi connectivity index (χ0n) is 12.9. The Kier molecular flexibility index (Phi) is 7.09. The SMILES string of the molecule is CCCCN(CC(=O)Nc1ccc(N)cc1)C(C)CC. The van der Waals surface area contributed by atoms with Crippen LogP contribution in [0, 0.1) is 0 Å². The first kappa shape index (κ1) is 16.5. The highest BCUT2D eigenvalue weighted by Crippen LogP contribution is 2.11. The first-order valence-corrected chi connectivity index (χ1v) is 7.46. The predicted molar refractivity (Wildman–Crippen MR) is 85.7 cm³/mol. The molecule has 1 amide bonds. The second-order valence-electron chi connectivity index (χ2n) is 5.25. The molecule has 1 rings (SSSR count). The van der Waals surface area contributed by atoms with Crippen molar-refractivity contribution in [1.29, 1.82) is 0 Å². The molecule has 1 aromatic carbocycles. The summed E-state index contributed by atoms with van der Waals surface area (Å²) in [5, 5.41) is 2.92. The molecule has 4 nitrogen and oxygen atoms in total. The van der Waals surface area contributed by atoms with Gasteiger partial charge in [-0.15, -0.1) is 0 Å². The van der Waals surface area contributed by atoms with Crippen LogP contribution in [0.5, 0.6) is 0 Å². The summed E-state index contributed by atoms with van der Waals surface area (Å²) in [6.07, 6.45) is 3.32. The van der Waals surface area contributed by atoms with E-state index in [2.05, 4.69) is 31.0 Å². The van der Waals surface area contributed by atoms with Gasteiger partial charge in [-0.1, -0.05) is 20.3 Å². The third-order valence-corrected chi connectivity index (χ3v) is 3.55. The molecule has 0 spiro atoms. The van der Waals surface area contributed by atoms with Crippen LogP contribution in [0.25, 0.3) is 0 Å². The molecule has 112 valence electrons. The summed E-state index contributed by atoms with van der Waals surface area (Å²) in [7, 11) is 0. The van der Waals surface area contributed by atoms with Crippen LogP contribution in [-0.2, 0) is 4.79 Å². The molecule has 0 saturated heterocycles. The van der Waals surface area contributed by atoms with Gasteiger partial charge in [-0.25, -0.2) is 0 Å². The van der Waals surface area contributed by atoms with Crippen molar-refractivity contribution in [3.05, 3.63) is 24.3 Å². The van der Waals surface area contributed by atoms with Crippen LogP contribution in [-0.4, -0.2) is 29.9 Å². The van der Waals surface area contributed by atoms with Crippen molar-refractivity contribution in [2.24, 2.45) is 0 Å². The largest absolute Gasteiger partial charge is 0.399 e. The van der Waals surface area contributed by atoms with E-state index in [9.17, 15) is 4.79 Å². The van der Waals surface area contributed by atoms with E-state index in [-0.39, 0.29) is 5.91 Å². The number of amides is 1. The van der Waals surface area contributed by atoms with E-state index >= 15 is 0 Å². The summed E-state index contributed by atoms with van der Waals surface area (Å²) < 4.78 is 0. The minimum absolute atomic E-state index is 0.0335. The second-order valence-corrected chi connectivity index (χ2v) is 5.25. The lowest BCUT2D eigenvalue weighted by Gasteiger charge is -2.27. The fourth-order valence-electron chi connectivity index (χ4n) is 2.03. The first-order chi connectivity index (χ1) is 9.56. The third-order valence-electron chi connectivity index (χ3n) is 3.55. The first-order valence-electron chi connectivity index (χ1n) is 7.46. The van der Waals surface area contributed by atoms with E-state index in [1.54, 1.807) is 12.1 Å². The van der Waals surface area contributed by atoms with E-state index in [4.69, 9.17) is 5.73 Å². The smallest absolute Gasteiger partial charge is 0.238 e. The zero-order chi connectivity index (χ0) is 15.0. The quantitative estimate of drug-likeness (QED) is 0.718. The lowest BCUT2D eigenvalue weighted by Crippen LogP contribution is -2.39.